The molecule has 0 saturated carbocycles. The third-order valence-electron chi connectivity index (χ3n) is 6.91. The average molecular weight is 447 g/mol. The highest BCUT2D eigenvalue weighted by Crippen LogP contribution is 2.44. The molecule has 2 N–H and O–H groups in total. The van der Waals surface area contributed by atoms with Crippen LogP contribution in [-0.2, 0) is 14.3 Å². The lowest BCUT2D eigenvalue weighted by Gasteiger charge is -2.40. The highest BCUT2D eigenvalue weighted by atomic mass is 16.5. The number of carboxylic acids is 1. The smallest absolute Gasteiger partial charge is 0.407 e. The molecule has 33 heavy (non-hydrogen) atoms. The molecule has 2 aromatic rings. The molecule has 3 unspecified atom stereocenters. The molecule has 0 aromatic heterocycles. The number of carboxylic acid groups (broad SMARTS) is 1. The summed E-state index contributed by atoms with van der Waals surface area (Å²) in [6.07, 6.45) is 4.69. The van der Waals surface area contributed by atoms with E-state index in [9.17, 15) is 19.5 Å². The van der Waals surface area contributed by atoms with E-state index in [0.29, 0.717) is 25.8 Å². The van der Waals surface area contributed by atoms with Gasteiger partial charge in [-0.25, -0.2) is 9.59 Å². The van der Waals surface area contributed by atoms with E-state index < -0.39 is 18.1 Å². The monoisotopic (exact) mass is 446 g/mol. The van der Waals surface area contributed by atoms with Crippen LogP contribution in [0.1, 0.15) is 36.3 Å². The number of benzene rings is 2. The van der Waals surface area contributed by atoms with Crippen LogP contribution in [0.3, 0.4) is 0 Å². The summed E-state index contributed by atoms with van der Waals surface area (Å²) in [5.74, 6) is -1.47. The summed E-state index contributed by atoms with van der Waals surface area (Å²) >= 11 is 0. The van der Waals surface area contributed by atoms with Crippen molar-refractivity contribution < 1.29 is 24.2 Å². The van der Waals surface area contributed by atoms with Crippen molar-refractivity contribution in [1.29, 1.82) is 0 Å². The number of nitrogens with zero attached hydrogens (tertiary/aromatic N) is 1. The summed E-state index contributed by atoms with van der Waals surface area (Å²) in [4.78, 5) is 38.0. The molecule has 2 aromatic carbocycles. The zero-order valence-corrected chi connectivity index (χ0v) is 18.1. The Morgan fingerprint density at radius 3 is 2.30 bits per heavy atom. The molecule has 3 aliphatic rings. The Bertz CT molecular complexity index is 1080. The SMILES string of the molecule is O=C(NC1C=CCC(C(=O)N2CCC2C(=O)O)C1)OCC1c2ccccc2-c2ccccc21. The number of carbonyl (C=O) groups is 3. The van der Waals surface area contributed by atoms with E-state index in [1.165, 1.54) is 16.0 Å². The molecule has 1 saturated heterocycles. The van der Waals surface area contributed by atoms with Crippen molar-refractivity contribution in [3.05, 3.63) is 71.8 Å². The minimum absolute atomic E-state index is 0.0151. The average Bonchev–Trinajstić information content (AvgIpc) is 3.10. The number of allylic oxidation sites excluding steroid dienone is 1. The lowest BCUT2D eigenvalue weighted by molar-refractivity contribution is -0.159. The summed E-state index contributed by atoms with van der Waals surface area (Å²) < 4.78 is 5.61. The first-order chi connectivity index (χ1) is 16.0. The van der Waals surface area contributed by atoms with Gasteiger partial charge in [0.05, 0.1) is 6.04 Å². The van der Waals surface area contributed by atoms with Crippen LogP contribution in [0.5, 0.6) is 0 Å². The molecule has 2 amide bonds. The molecule has 2 aliphatic carbocycles. The second kappa shape index (κ2) is 8.73. The Morgan fingerprint density at radius 2 is 1.70 bits per heavy atom. The third-order valence-corrected chi connectivity index (χ3v) is 6.91. The molecule has 7 heteroatoms. The normalized spacial score (nSPS) is 23.3. The molecular formula is C26H26N2O5. The first-order valence-corrected chi connectivity index (χ1v) is 11.3. The van der Waals surface area contributed by atoms with Gasteiger partial charge < -0.3 is 20.1 Å². The van der Waals surface area contributed by atoms with Crippen LogP contribution in [0.2, 0.25) is 0 Å². The highest BCUT2D eigenvalue weighted by Gasteiger charge is 2.41. The number of carbonyl (C=O) groups excluding carboxylic acids is 2. The molecule has 1 aliphatic heterocycles. The van der Waals surface area contributed by atoms with E-state index in [1.807, 2.05) is 36.4 Å². The van der Waals surface area contributed by atoms with E-state index in [-0.39, 0.29) is 30.4 Å². The maximum atomic E-state index is 12.7. The van der Waals surface area contributed by atoms with Crippen molar-refractivity contribution in [3.63, 3.8) is 0 Å². The molecule has 1 heterocycles. The summed E-state index contributed by atoms with van der Waals surface area (Å²) in [6.45, 7) is 0.702. The van der Waals surface area contributed by atoms with Gasteiger partial charge in [-0.1, -0.05) is 60.7 Å². The van der Waals surface area contributed by atoms with Crippen LogP contribution >= 0.6 is 0 Å². The van der Waals surface area contributed by atoms with Gasteiger partial charge in [0.15, 0.2) is 0 Å². The van der Waals surface area contributed by atoms with Gasteiger partial charge >= 0.3 is 12.1 Å². The number of amides is 2. The number of fused-ring (bicyclic) bond motifs is 3. The molecule has 0 spiro atoms. The lowest BCUT2D eigenvalue weighted by Crippen LogP contribution is -2.57. The van der Waals surface area contributed by atoms with Gasteiger partial charge in [0, 0.05) is 18.4 Å². The molecule has 170 valence electrons. The molecule has 7 nitrogen and oxygen atoms in total. The molecule has 3 atom stereocenters. The fourth-order valence-electron chi connectivity index (χ4n) is 5.13. The largest absolute Gasteiger partial charge is 0.480 e. The predicted octanol–water partition coefficient (Wildman–Crippen LogP) is 3.55. The first-order valence-electron chi connectivity index (χ1n) is 11.3. The second-order valence-corrected chi connectivity index (χ2v) is 8.85. The number of hydrogen-bond donors (Lipinski definition) is 2. The van der Waals surface area contributed by atoms with E-state index >= 15 is 0 Å². The minimum Gasteiger partial charge on any atom is -0.480 e. The van der Waals surface area contributed by atoms with Crippen molar-refractivity contribution in [1.82, 2.24) is 10.2 Å². The Hall–Kier alpha value is -3.61. The highest BCUT2D eigenvalue weighted by molar-refractivity contribution is 5.87. The summed E-state index contributed by atoms with van der Waals surface area (Å²) in [5.41, 5.74) is 4.64. The molecule has 5 rings (SSSR count). The number of alkyl carbamates (subject to hydrolysis) is 1. The number of nitrogens with one attached hydrogen (secondary N) is 1. The quantitative estimate of drug-likeness (QED) is 0.685. The first kappa shape index (κ1) is 21.2. The zero-order valence-electron chi connectivity index (χ0n) is 18.1. The Labute approximate surface area is 192 Å². The van der Waals surface area contributed by atoms with E-state index in [2.05, 4.69) is 29.6 Å². The predicted molar refractivity (Wildman–Crippen MR) is 122 cm³/mol. The molecule has 0 bridgehead atoms. The van der Waals surface area contributed by atoms with E-state index in [0.717, 1.165) is 11.1 Å². The maximum Gasteiger partial charge on any atom is 0.407 e. The van der Waals surface area contributed by atoms with Crippen molar-refractivity contribution >= 4 is 18.0 Å². The second-order valence-electron chi connectivity index (χ2n) is 8.85. The summed E-state index contributed by atoms with van der Waals surface area (Å²) in [5, 5.41) is 12.1. The van der Waals surface area contributed by atoms with Crippen molar-refractivity contribution in [2.75, 3.05) is 13.2 Å². The van der Waals surface area contributed by atoms with Gasteiger partial charge in [-0.2, -0.15) is 0 Å². The third kappa shape index (κ3) is 3.99. The van der Waals surface area contributed by atoms with Gasteiger partial charge in [0.25, 0.3) is 0 Å². The van der Waals surface area contributed by atoms with Gasteiger partial charge in [-0.15, -0.1) is 0 Å². The fourth-order valence-corrected chi connectivity index (χ4v) is 5.13. The number of rotatable bonds is 5. The van der Waals surface area contributed by atoms with Crippen LogP contribution in [-0.4, -0.2) is 53.2 Å². The van der Waals surface area contributed by atoms with Crippen LogP contribution < -0.4 is 5.32 Å². The summed E-state index contributed by atoms with van der Waals surface area (Å²) in [7, 11) is 0. The minimum atomic E-state index is -0.964. The van der Waals surface area contributed by atoms with E-state index in [1.54, 1.807) is 0 Å². The molecule has 0 radical (unpaired) electrons. The Morgan fingerprint density at radius 1 is 1.03 bits per heavy atom. The van der Waals surface area contributed by atoms with Gasteiger partial charge in [-0.3, -0.25) is 4.79 Å². The van der Waals surface area contributed by atoms with E-state index in [4.69, 9.17) is 4.74 Å². The van der Waals surface area contributed by atoms with Gasteiger partial charge in [0.2, 0.25) is 5.91 Å². The fraction of sp³-hybridized carbons (Fsp3) is 0.346. The molecule has 1 fully saturated rings. The van der Waals surface area contributed by atoms with Crippen LogP contribution in [0.25, 0.3) is 11.1 Å². The number of aliphatic carboxylic acids is 1. The number of hydrogen-bond acceptors (Lipinski definition) is 4. The topological polar surface area (TPSA) is 95.9 Å². The van der Waals surface area contributed by atoms with Crippen LogP contribution in [0, 0.1) is 5.92 Å². The summed E-state index contributed by atoms with van der Waals surface area (Å²) in [6, 6.07) is 15.3. The van der Waals surface area contributed by atoms with Crippen LogP contribution in [0.4, 0.5) is 4.79 Å². The Kier molecular flexibility index (Phi) is 5.62. The van der Waals surface area contributed by atoms with Gasteiger partial charge in [0.1, 0.15) is 12.6 Å². The molecular weight excluding hydrogens is 420 g/mol. The standard InChI is InChI=1S/C26H26N2O5/c29-24(28-13-12-23(28)25(30)31)16-6-5-7-17(14-16)27-26(32)33-15-22-20-10-3-1-8-18(20)19-9-2-4-11-21(19)22/h1-5,7-11,16-17,22-23H,6,12-15H2,(H,27,32)(H,30,31). The maximum absolute atomic E-state index is 12.7. The van der Waals surface area contributed by atoms with Crippen molar-refractivity contribution in [2.24, 2.45) is 5.92 Å². The van der Waals surface area contributed by atoms with Crippen molar-refractivity contribution in [3.8, 4) is 11.1 Å². The van der Waals surface area contributed by atoms with Crippen molar-refractivity contribution in [2.45, 2.75) is 37.3 Å². The van der Waals surface area contributed by atoms with Crippen LogP contribution in [0.15, 0.2) is 60.7 Å². The number of ether oxygens (including phenoxy) is 1. The zero-order chi connectivity index (χ0) is 22.9. The number of likely N-dealkylation sites (tertiary alicyclic amines) is 1. The lowest BCUT2D eigenvalue weighted by atomic mass is 9.88. The Balaban J connectivity index is 1.18. The van der Waals surface area contributed by atoms with Gasteiger partial charge in [-0.05, 0) is 41.5 Å².